The minimum atomic E-state index is -0.492. The van der Waals surface area contributed by atoms with E-state index in [1.165, 1.54) is 25.3 Å². The molecule has 1 aromatic heterocycles. The molecule has 0 saturated heterocycles. The summed E-state index contributed by atoms with van der Waals surface area (Å²) in [5, 5.41) is 14.2. The number of rotatable bonds is 4. The number of oxazole rings is 1. The number of nitro benzene ring substituents is 1. The summed E-state index contributed by atoms with van der Waals surface area (Å²) < 4.78 is 10.7. The van der Waals surface area contributed by atoms with Crippen LogP contribution in [-0.2, 0) is 0 Å². The molecular weight excluding hydrogens is 310 g/mol. The molecule has 0 aliphatic heterocycles. The molecule has 0 saturated carbocycles. The number of fused-ring (bicyclic) bond motifs is 1. The van der Waals surface area contributed by atoms with Crippen LogP contribution < -0.4 is 10.1 Å². The van der Waals surface area contributed by atoms with Crippen LogP contribution in [0.5, 0.6) is 5.75 Å². The molecule has 3 rings (SSSR count). The lowest BCUT2D eigenvalue weighted by molar-refractivity contribution is -0.384. The van der Waals surface area contributed by atoms with E-state index in [0.717, 1.165) is 0 Å². The van der Waals surface area contributed by atoms with Gasteiger partial charge in [-0.05, 0) is 18.2 Å². The van der Waals surface area contributed by atoms with Crippen LogP contribution in [0.1, 0.15) is 0 Å². The minimum Gasteiger partial charge on any atom is -0.494 e. The maximum atomic E-state index is 10.8. The molecule has 0 aliphatic carbocycles. The molecule has 1 N–H and O–H groups in total. The fourth-order valence-electron chi connectivity index (χ4n) is 1.96. The van der Waals surface area contributed by atoms with Gasteiger partial charge in [0, 0.05) is 17.2 Å². The molecule has 8 heteroatoms. The molecular formula is C14H10ClN3O4. The highest BCUT2D eigenvalue weighted by Gasteiger charge is 2.13. The second kappa shape index (κ2) is 5.53. The molecule has 112 valence electrons. The normalized spacial score (nSPS) is 10.6. The monoisotopic (exact) mass is 319 g/mol. The van der Waals surface area contributed by atoms with Crippen LogP contribution in [0.2, 0.25) is 5.02 Å². The Kier molecular flexibility index (Phi) is 3.56. The summed E-state index contributed by atoms with van der Waals surface area (Å²) >= 11 is 5.89. The number of anilines is 2. The molecule has 0 bridgehead atoms. The second-order valence-corrected chi connectivity index (χ2v) is 4.83. The Hall–Kier alpha value is -2.80. The fraction of sp³-hybridized carbons (Fsp3) is 0.0714. The third kappa shape index (κ3) is 2.66. The highest BCUT2D eigenvalue weighted by molar-refractivity contribution is 6.31. The van der Waals surface area contributed by atoms with Crippen LogP contribution in [-0.4, -0.2) is 17.0 Å². The number of aromatic nitrogens is 1. The van der Waals surface area contributed by atoms with E-state index < -0.39 is 4.92 Å². The van der Waals surface area contributed by atoms with E-state index in [1.807, 2.05) is 0 Å². The maximum Gasteiger partial charge on any atom is 0.300 e. The molecule has 7 nitrogen and oxygen atoms in total. The van der Waals surface area contributed by atoms with Gasteiger partial charge in [-0.15, -0.1) is 0 Å². The molecule has 0 amide bonds. The second-order valence-electron chi connectivity index (χ2n) is 4.40. The molecule has 0 aliphatic rings. The first-order chi connectivity index (χ1) is 10.6. The SMILES string of the molecule is COc1cc([N+](=O)[O-])ccc1Nc1nc2ccc(Cl)cc2o1. The molecule has 0 radical (unpaired) electrons. The number of nitrogens with one attached hydrogen (secondary N) is 1. The van der Waals surface area contributed by atoms with Gasteiger partial charge in [-0.3, -0.25) is 10.1 Å². The summed E-state index contributed by atoms with van der Waals surface area (Å²) in [6.45, 7) is 0. The van der Waals surface area contributed by atoms with Crippen LogP contribution in [0.15, 0.2) is 40.8 Å². The Morgan fingerprint density at radius 1 is 1.32 bits per heavy atom. The van der Waals surface area contributed by atoms with E-state index in [2.05, 4.69) is 10.3 Å². The van der Waals surface area contributed by atoms with Crippen LogP contribution in [0.3, 0.4) is 0 Å². The number of hydrogen-bond donors (Lipinski definition) is 1. The number of benzene rings is 2. The number of nitrogens with zero attached hydrogens (tertiary/aromatic N) is 2. The molecule has 0 atom stereocenters. The average Bonchev–Trinajstić information content (AvgIpc) is 2.88. The van der Waals surface area contributed by atoms with Crippen molar-refractivity contribution >= 4 is 40.1 Å². The predicted octanol–water partition coefficient (Wildman–Crippen LogP) is 4.14. The lowest BCUT2D eigenvalue weighted by Gasteiger charge is -2.07. The zero-order valence-electron chi connectivity index (χ0n) is 11.4. The topological polar surface area (TPSA) is 90.4 Å². The fourth-order valence-corrected chi connectivity index (χ4v) is 2.13. The van der Waals surface area contributed by atoms with Crippen molar-refractivity contribution in [2.45, 2.75) is 0 Å². The Labute approximate surface area is 129 Å². The van der Waals surface area contributed by atoms with Crippen LogP contribution in [0, 0.1) is 10.1 Å². The number of nitro groups is 1. The van der Waals surface area contributed by atoms with E-state index in [9.17, 15) is 10.1 Å². The quantitative estimate of drug-likeness (QED) is 0.574. The summed E-state index contributed by atoms with van der Waals surface area (Å²) in [5.74, 6) is 0.314. The zero-order valence-corrected chi connectivity index (χ0v) is 12.1. The third-order valence-electron chi connectivity index (χ3n) is 2.99. The number of ether oxygens (including phenoxy) is 1. The summed E-state index contributed by atoms with van der Waals surface area (Å²) in [5.41, 5.74) is 1.63. The third-order valence-corrected chi connectivity index (χ3v) is 3.22. The minimum absolute atomic E-state index is 0.0632. The molecule has 0 unspecified atom stereocenters. The highest BCUT2D eigenvalue weighted by Crippen LogP contribution is 2.32. The number of hydrogen-bond acceptors (Lipinski definition) is 6. The van der Waals surface area contributed by atoms with Crippen molar-refractivity contribution in [3.05, 3.63) is 51.5 Å². The predicted molar refractivity (Wildman–Crippen MR) is 82.0 cm³/mol. The van der Waals surface area contributed by atoms with Crippen molar-refractivity contribution in [2.24, 2.45) is 0 Å². The average molecular weight is 320 g/mol. The van der Waals surface area contributed by atoms with Crippen molar-refractivity contribution in [1.82, 2.24) is 4.98 Å². The van der Waals surface area contributed by atoms with Crippen LogP contribution >= 0.6 is 11.6 Å². The lowest BCUT2D eigenvalue weighted by atomic mass is 10.2. The van der Waals surface area contributed by atoms with Gasteiger partial charge in [-0.25, -0.2) is 0 Å². The largest absolute Gasteiger partial charge is 0.494 e. The smallest absolute Gasteiger partial charge is 0.300 e. The maximum absolute atomic E-state index is 10.8. The van der Waals surface area contributed by atoms with E-state index >= 15 is 0 Å². The first-order valence-corrected chi connectivity index (χ1v) is 6.60. The first-order valence-electron chi connectivity index (χ1n) is 6.22. The lowest BCUT2D eigenvalue weighted by Crippen LogP contribution is -1.96. The molecule has 1 heterocycles. The summed E-state index contributed by atoms with van der Waals surface area (Å²) in [6, 6.07) is 9.55. The van der Waals surface area contributed by atoms with Gasteiger partial charge in [0.1, 0.15) is 11.3 Å². The first kappa shape index (κ1) is 14.2. The van der Waals surface area contributed by atoms with Crippen molar-refractivity contribution in [3.8, 4) is 5.75 Å². The molecule has 0 spiro atoms. The standard InChI is InChI=1S/C14H10ClN3O4/c1-21-12-7-9(18(19)20)3-5-10(12)16-14-17-11-4-2-8(15)6-13(11)22-14/h2-7H,1H3,(H,16,17). The Balaban J connectivity index is 1.95. The van der Waals surface area contributed by atoms with Gasteiger partial charge in [0.05, 0.1) is 23.8 Å². The summed E-state index contributed by atoms with van der Waals surface area (Å²) in [7, 11) is 1.43. The van der Waals surface area contributed by atoms with Crippen molar-refractivity contribution in [3.63, 3.8) is 0 Å². The van der Waals surface area contributed by atoms with Gasteiger partial charge in [-0.1, -0.05) is 11.6 Å². The molecule has 2 aromatic carbocycles. The van der Waals surface area contributed by atoms with Crippen molar-refractivity contribution in [1.29, 1.82) is 0 Å². The number of methoxy groups -OCH3 is 1. The van der Waals surface area contributed by atoms with E-state index in [-0.39, 0.29) is 11.7 Å². The number of halogens is 1. The van der Waals surface area contributed by atoms with E-state index in [1.54, 1.807) is 18.2 Å². The number of non-ortho nitro benzene ring substituents is 1. The van der Waals surface area contributed by atoms with Gasteiger partial charge in [-0.2, -0.15) is 4.98 Å². The van der Waals surface area contributed by atoms with E-state index in [0.29, 0.717) is 27.6 Å². The molecule has 3 aromatic rings. The highest BCUT2D eigenvalue weighted by atomic mass is 35.5. The molecule has 22 heavy (non-hydrogen) atoms. The Bertz CT molecular complexity index is 862. The summed E-state index contributed by atoms with van der Waals surface area (Å²) in [4.78, 5) is 14.5. The van der Waals surface area contributed by atoms with Crippen molar-refractivity contribution in [2.75, 3.05) is 12.4 Å². The van der Waals surface area contributed by atoms with E-state index in [4.69, 9.17) is 20.8 Å². The van der Waals surface area contributed by atoms with Gasteiger partial charge >= 0.3 is 0 Å². The zero-order chi connectivity index (χ0) is 15.7. The van der Waals surface area contributed by atoms with Gasteiger partial charge in [0.15, 0.2) is 5.58 Å². The van der Waals surface area contributed by atoms with Crippen molar-refractivity contribution < 1.29 is 14.1 Å². The Morgan fingerprint density at radius 3 is 2.86 bits per heavy atom. The van der Waals surface area contributed by atoms with Crippen LogP contribution in [0.25, 0.3) is 11.1 Å². The van der Waals surface area contributed by atoms with Gasteiger partial charge in [0.25, 0.3) is 11.7 Å². The summed E-state index contributed by atoms with van der Waals surface area (Å²) in [6.07, 6.45) is 0. The van der Waals surface area contributed by atoms with Gasteiger partial charge < -0.3 is 14.5 Å². The Morgan fingerprint density at radius 2 is 2.14 bits per heavy atom. The molecule has 0 fully saturated rings. The van der Waals surface area contributed by atoms with Gasteiger partial charge in [0.2, 0.25) is 0 Å². The van der Waals surface area contributed by atoms with Crippen LogP contribution in [0.4, 0.5) is 17.4 Å².